The molecule has 9 heteroatoms. The molecular formula is C19H28N4O4S. The fraction of sp³-hybridized carbons (Fsp3) is 0.684. The predicted octanol–water partition coefficient (Wildman–Crippen LogP) is 1.73. The smallest absolute Gasteiger partial charge is 0.308 e. The van der Waals surface area contributed by atoms with Crippen LogP contribution in [0.15, 0.2) is 0 Å². The summed E-state index contributed by atoms with van der Waals surface area (Å²) in [5, 5.41) is 12.7. The Labute approximate surface area is 168 Å². The highest BCUT2D eigenvalue weighted by molar-refractivity contribution is 7.15. The van der Waals surface area contributed by atoms with Crippen LogP contribution in [0.5, 0.6) is 0 Å². The van der Waals surface area contributed by atoms with Gasteiger partial charge in [0, 0.05) is 24.5 Å². The standard InChI is InChI=1S/C19H28N4O4S/c1-12-13(2)28-19(20-12)21-16(24)11-22-7-3-5-14(9-22)17(25)23-8-4-6-15(10-23)18(26)27/h14-15H,3-11H2,1-2H3,(H,26,27)(H,20,21,24). The van der Waals surface area contributed by atoms with Crippen molar-refractivity contribution in [2.24, 2.45) is 11.8 Å². The molecule has 2 fully saturated rings. The lowest BCUT2D eigenvalue weighted by Crippen LogP contribution is -2.49. The Kier molecular flexibility index (Phi) is 6.66. The van der Waals surface area contributed by atoms with Gasteiger partial charge in [0.05, 0.1) is 24.1 Å². The monoisotopic (exact) mass is 408 g/mol. The van der Waals surface area contributed by atoms with Crippen molar-refractivity contribution in [1.82, 2.24) is 14.8 Å². The molecule has 28 heavy (non-hydrogen) atoms. The molecule has 2 atom stereocenters. The maximum Gasteiger partial charge on any atom is 0.308 e. The molecule has 8 nitrogen and oxygen atoms in total. The molecule has 0 aromatic carbocycles. The molecule has 0 aliphatic carbocycles. The number of thiazole rings is 1. The van der Waals surface area contributed by atoms with Crippen LogP contribution in [0.25, 0.3) is 0 Å². The number of aliphatic carboxylic acids is 1. The zero-order valence-corrected chi connectivity index (χ0v) is 17.3. The summed E-state index contributed by atoms with van der Waals surface area (Å²) in [5.41, 5.74) is 0.921. The minimum Gasteiger partial charge on any atom is -0.481 e. The van der Waals surface area contributed by atoms with Crippen LogP contribution in [0.1, 0.15) is 36.3 Å². The van der Waals surface area contributed by atoms with Gasteiger partial charge in [0.25, 0.3) is 0 Å². The first-order valence-corrected chi connectivity index (χ1v) is 10.6. The van der Waals surface area contributed by atoms with Crippen molar-refractivity contribution in [1.29, 1.82) is 0 Å². The first-order valence-electron chi connectivity index (χ1n) is 9.81. The highest BCUT2D eigenvalue weighted by atomic mass is 32.1. The third kappa shape index (κ3) is 5.08. The summed E-state index contributed by atoms with van der Waals surface area (Å²) in [6.07, 6.45) is 3.01. The van der Waals surface area contributed by atoms with E-state index in [4.69, 9.17) is 0 Å². The van der Waals surface area contributed by atoms with Gasteiger partial charge in [-0.25, -0.2) is 4.98 Å². The van der Waals surface area contributed by atoms with Gasteiger partial charge in [-0.2, -0.15) is 0 Å². The lowest BCUT2D eigenvalue weighted by Gasteiger charge is -2.37. The Morgan fingerprint density at radius 2 is 1.86 bits per heavy atom. The van der Waals surface area contributed by atoms with Crippen molar-refractivity contribution in [2.45, 2.75) is 39.5 Å². The Balaban J connectivity index is 1.52. The van der Waals surface area contributed by atoms with E-state index in [0.717, 1.165) is 36.4 Å². The number of anilines is 1. The van der Waals surface area contributed by atoms with Crippen LogP contribution >= 0.6 is 11.3 Å². The fourth-order valence-electron chi connectivity index (χ4n) is 3.93. The third-order valence-corrected chi connectivity index (χ3v) is 6.57. The second-order valence-corrected chi connectivity index (χ2v) is 8.95. The van der Waals surface area contributed by atoms with E-state index >= 15 is 0 Å². The molecule has 0 radical (unpaired) electrons. The van der Waals surface area contributed by atoms with Gasteiger partial charge in [-0.1, -0.05) is 0 Å². The van der Waals surface area contributed by atoms with E-state index in [1.807, 2.05) is 18.7 Å². The molecule has 1 aromatic rings. The molecule has 0 bridgehead atoms. The van der Waals surface area contributed by atoms with E-state index in [2.05, 4.69) is 10.3 Å². The van der Waals surface area contributed by atoms with Crippen molar-refractivity contribution in [3.05, 3.63) is 10.6 Å². The number of carbonyl (C=O) groups excluding carboxylic acids is 2. The van der Waals surface area contributed by atoms with Gasteiger partial charge in [-0.15, -0.1) is 11.3 Å². The number of carboxylic acids is 1. The first-order chi connectivity index (χ1) is 13.3. The maximum absolute atomic E-state index is 12.9. The molecule has 2 unspecified atom stereocenters. The quantitative estimate of drug-likeness (QED) is 0.769. The number of likely N-dealkylation sites (tertiary alicyclic amines) is 2. The number of aromatic nitrogens is 1. The second kappa shape index (κ2) is 9.00. The van der Waals surface area contributed by atoms with Gasteiger partial charge in [-0.3, -0.25) is 19.3 Å². The molecule has 2 N–H and O–H groups in total. The summed E-state index contributed by atoms with van der Waals surface area (Å²) in [7, 11) is 0. The molecular weight excluding hydrogens is 380 g/mol. The van der Waals surface area contributed by atoms with Gasteiger partial charge in [0.15, 0.2) is 5.13 Å². The Morgan fingerprint density at radius 3 is 2.54 bits per heavy atom. The Hall–Kier alpha value is -2.00. The lowest BCUT2D eigenvalue weighted by atomic mass is 9.93. The van der Waals surface area contributed by atoms with Crippen LogP contribution < -0.4 is 5.32 Å². The molecule has 2 aliphatic heterocycles. The largest absolute Gasteiger partial charge is 0.481 e. The van der Waals surface area contributed by atoms with Crippen LogP contribution in [-0.4, -0.2) is 70.4 Å². The molecule has 1 aromatic heterocycles. The van der Waals surface area contributed by atoms with Gasteiger partial charge in [-0.05, 0) is 46.1 Å². The zero-order valence-electron chi connectivity index (χ0n) is 16.4. The molecule has 2 saturated heterocycles. The summed E-state index contributed by atoms with van der Waals surface area (Å²) >= 11 is 1.46. The topological polar surface area (TPSA) is 103 Å². The predicted molar refractivity (Wildman–Crippen MR) is 106 cm³/mol. The highest BCUT2D eigenvalue weighted by Gasteiger charge is 2.34. The molecule has 3 rings (SSSR count). The maximum atomic E-state index is 12.9. The summed E-state index contributed by atoms with van der Waals surface area (Å²) in [4.78, 5) is 45.6. The van der Waals surface area contributed by atoms with Crippen molar-refractivity contribution < 1.29 is 19.5 Å². The molecule has 2 aliphatic rings. The molecule has 154 valence electrons. The Morgan fingerprint density at radius 1 is 1.14 bits per heavy atom. The first kappa shape index (κ1) is 20.7. The number of nitrogens with one attached hydrogen (secondary N) is 1. The van der Waals surface area contributed by atoms with Gasteiger partial charge < -0.3 is 15.3 Å². The summed E-state index contributed by atoms with van der Waals surface area (Å²) in [6, 6.07) is 0. The second-order valence-electron chi connectivity index (χ2n) is 7.74. The average molecular weight is 409 g/mol. The minimum atomic E-state index is -0.827. The van der Waals surface area contributed by atoms with E-state index < -0.39 is 11.9 Å². The van der Waals surface area contributed by atoms with E-state index in [9.17, 15) is 19.5 Å². The average Bonchev–Trinajstić information content (AvgIpc) is 2.98. The number of rotatable bonds is 5. The molecule has 3 heterocycles. The Bertz CT molecular complexity index is 731. The number of nitrogens with zero attached hydrogens (tertiary/aromatic N) is 3. The molecule has 2 amide bonds. The van der Waals surface area contributed by atoms with Crippen molar-refractivity contribution in [3.63, 3.8) is 0 Å². The lowest BCUT2D eigenvalue weighted by molar-refractivity contribution is -0.147. The number of carboxylic acid groups (broad SMARTS) is 1. The number of amides is 2. The van der Waals surface area contributed by atoms with E-state index in [-0.39, 0.29) is 24.3 Å². The molecule has 0 saturated carbocycles. The summed E-state index contributed by atoms with van der Waals surface area (Å²) < 4.78 is 0. The zero-order chi connectivity index (χ0) is 20.3. The summed E-state index contributed by atoms with van der Waals surface area (Å²) in [5.74, 6) is -1.55. The number of piperidine rings is 2. The number of hydrogen-bond acceptors (Lipinski definition) is 6. The summed E-state index contributed by atoms with van der Waals surface area (Å²) in [6.45, 7) is 6.37. The normalized spacial score (nSPS) is 23.4. The third-order valence-electron chi connectivity index (χ3n) is 5.58. The van der Waals surface area contributed by atoms with Crippen LogP contribution in [0.2, 0.25) is 0 Å². The van der Waals surface area contributed by atoms with Crippen LogP contribution in [0.4, 0.5) is 5.13 Å². The van der Waals surface area contributed by atoms with Crippen molar-refractivity contribution in [2.75, 3.05) is 38.0 Å². The van der Waals surface area contributed by atoms with Crippen LogP contribution in [-0.2, 0) is 14.4 Å². The van der Waals surface area contributed by atoms with Crippen molar-refractivity contribution in [3.8, 4) is 0 Å². The fourth-order valence-corrected chi connectivity index (χ4v) is 4.76. The highest BCUT2D eigenvalue weighted by Crippen LogP contribution is 2.24. The van der Waals surface area contributed by atoms with Crippen molar-refractivity contribution >= 4 is 34.3 Å². The van der Waals surface area contributed by atoms with Gasteiger partial charge >= 0.3 is 5.97 Å². The van der Waals surface area contributed by atoms with E-state index in [1.165, 1.54) is 11.3 Å². The van der Waals surface area contributed by atoms with Gasteiger partial charge in [0.1, 0.15) is 0 Å². The van der Waals surface area contributed by atoms with Gasteiger partial charge in [0.2, 0.25) is 11.8 Å². The van der Waals surface area contributed by atoms with E-state index in [1.54, 1.807) is 4.90 Å². The van der Waals surface area contributed by atoms with Crippen LogP contribution in [0, 0.1) is 25.7 Å². The van der Waals surface area contributed by atoms with E-state index in [0.29, 0.717) is 31.2 Å². The minimum absolute atomic E-state index is 0.0298. The number of aryl methyl sites for hydroxylation is 2. The SMILES string of the molecule is Cc1nc(NC(=O)CN2CCCC(C(=O)N3CCCC(C(=O)O)C3)C2)sc1C. The number of carbonyl (C=O) groups is 3. The molecule has 0 spiro atoms. The number of hydrogen-bond donors (Lipinski definition) is 2. The van der Waals surface area contributed by atoms with Crippen LogP contribution in [0.3, 0.4) is 0 Å².